The summed E-state index contributed by atoms with van der Waals surface area (Å²) in [6.07, 6.45) is 0.0256. The van der Waals surface area contributed by atoms with E-state index in [4.69, 9.17) is 0 Å². The molecular weight excluding hydrogens is 311 g/mol. The lowest BCUT2D eigenvalue weighted by molar-refractivity contribution is 0.102. The first-order valence-corrected chi connectivity index (χ1v) is 9.79. The summed E-state index contributed by atoms with van der Waals surface area (Å²) in [4.78, 5) is 12.5. The van der Waals surface area contributed by atoms with Gasteiger partial charge in [-0.05, 0) is 11.4 Å². The van der Waals surface area contributed by atoms with Crippen LogP contribution in [0.3, 0.4) is 0 Å². The van der Waals surface area contributed by atoms with E-state index in [9.17, 15) is 9.36 Å². The molecule has 0 saturated heterocycles. The van der Waals surface area contributed by atoms with Crippen molar-refractivity contribution in [2.45, 2.75) is 0 Å². The van der Waals surface area contributed by atoms with Crippen LogP contribution >= 0.6 is 18.5 Å². The molecule has 22 heavy (non-hydrogen) atoms. The number of rotatable bonds is 5. The molecule has 0 N–H and O–H groups in total. The van der Waals surface area contributed by atoms with Crippen molar-refractivity contribution < 1.29 is 9.36 Å². The molecule has 3 rings (SSSR count). The third kappa shape index (κ3) is 2.96. The summed E-state index contributed by atoms with van der Waals surface area (Å²) < 4.78 is 13.7. The van der Waals surface area contributed by atoms with Gasteiger partial charge in [0.15, 0.2) is 12.9 Å². The molecule has 0 fully saturated rings. The number of Topliss-reactive ketones (excluding diaryl/α,β-unsaturated/α-hetero) is 1. The van der Waals surface area contributed by atoms with Crippen LogP contribution in [0.1, 0.15) is 10.4 Å². The Morgan fingerprint density at radius 1 is 0.864 bits per heavy atom. The van der Waals surface area contributed by atoms with Gasteiger partial charge in [0, 0.05) is 21.6 Å². The molecule has 0 amide bonds. The number of carbonyl (C=O) groups is 1. The lowest BCUT2D eigenvalue weighted by Gasteiger charge is -2.18. The van der Waals surface area contributed by atoms with E-state index in [1.807, 2.05) is 71.4 Å². The van der Waals surface area contributed by atoms with Gasteiger partial charge >= 0.3 is 0 Å². The van der Waals surface area contributed by atoms with Gasteiger partial charge in [0.05, 0.1) is 6.16 Å². The van der Waals surface area contributed by atoms with Crippen molar-refractivity contribution in [1.82, 2.24) is 0 Å². The molecular formula is C18H15O2PS. The second-order valence-electron chi connectivity index (χ2n) is 5.00. The quantitative estimate of drug-likeness (QED) is 0.526. The van der Waals surface area contributed by atoms with Crippen LogP contribution in [0.25, 0.3) is 0 Å². The first-order chi connectivity index (χ1) is 10.7. The number of ketones is 1. The number of carbonyl (C=O) groups excluding carboxylic acids is 1. The fourth-order valence-electron chi connectivity index (χ4n) is 2.39. The van der Waals surface area contributed by atoms with Gasteiger partial charge in [0.25, 0.3) is 0 Å². The molecule has 0 aliphatic heterocycles. The molecule has 110 valence electrons. The van der Waals surface area contributed by atoms with E-state index in [1.165, 1.54) is 11.3 Å². The fraction of sp³-hybridized carbons (Fsp3) is 0.0556. The molecule has 0 atom stereocenters. The van der Waals surface area contributed by atoms with Gasteiger partial charge in [-0.3, -0.25) is 4.79 Å². The van der Waals surface area contributed by atoms with Crippen LogP contribution in [-0.2, 0) is 4.57 Å². The smallest absolute Gasteiger partial charge is 0.171 e. The van der Waals surface area contributed by atoms with Crippen molar-refractivity contribution in [2.24, 2.45) is 0 Å². The van der Waals surface area contributed by atoms with Crippen molar-refractivity contribution >= 4 is 34.9 Å². The van der Waals surface area contributed by atoms with E-state index in [0.717, 1.165) is 10.6 Å². The van der Waals surface area contributed by atoms with Crippen LogP contribution in [0.4, 0.5) is 0 Å². The minimum absolute atomic E-state index is 0.0256. The molecule has 2 aromatic carbocycles. The van der Waals surface area contributed by atoms with E-state index >= 15 is 0 Å². The number of benzene rings is 2. The molecule has 2 nitrogen and oxygen atoms in total. The monoisotopic (exact) mass is 326 g/mol. The van der Waals surface area contributed by atoms with E-state index in [1.54, 1.807) is 6.07 Å². The highest BCUT2D eigenvalue weighted by molar-refractivity contribution is 7.79. The van der Waals surface area contributed by atoms with Crippen molar-refractivity contribution in [3.8, 4) is 0 Å². The maximum Gasteiger partial charge on any atom is 0.171 e. The van der Waals surface area contributed by atoms with Gasteiger partial charge in [-0.25, -0.2) is 0 Å². The van der Waals surface area contributed by atoms with Crippen molar-refractivity contribution in [3.63, 3.8) is 0 Å². The highest BCUT2D eigenvalue weighted by Crippen LogP contribution is 2.43. The molecule has 0 bridgehead atoms. The first kappa shape index (κ1) is 15.0. The highest BCUT2D eigenvalue weighted by Gasteiger charge is 2.30. The van der Waals surface area contributed by atoms with Gasteiger partial charge in [-0.15, -0.1) is 0 Å². The largest absolute Gasteiger partial charge is 0.313 e. The molecule has 0 radical (unpaired) electrons. The predicted molar refractivity (Wildman–Crippen MR) is 93.3 cm³/mol. The molecule has 0 saturated carbocycles. The Balaban J connectivity index is 2.05. The van der Waals surface area contributed by atoms with Gasteiger partial charge in [-0.2, -0.15) is 11.3 Å². The van der Waals surface area contributed by atoms with Crippen LogP contribution < -0.4 is 10.6 Å². The molecule has 1 heterocycles. The topological polar surface area (TPSA) is 34.1 Å². The summed E-state index contributed by atoms with van der Waals surface area (Å²) in [6, 6.07) is 20.4. The fourth-order valence-corrected chi connectivity index (χ4v) is 5.60. The summed E-state index contributed by atoms with van der Waals surface area (Å²) in [6.45, 7) is 0. The summed E-state index contributed by atoms with van der Waals surface area (Å²) >= 11 is 1.48. The van der Waals surface area contributed by atoms with Crippen LogP contribution in [-0.4, -0.2) is 11.9 Å². The Morgan fingerprint density at radius 3 is 1.86 bits per heavy atom. The molecule has 1 aromatic heterocycles. The summed E-state index contributed by atoms with van der Waals surface area (Å²) in [7, 11) is -2.97. The highest BCUT2D eigenvalue weighted by atomic mass is 32.1. The second kappa shape index (κ2) is 6.43. The summed E-state index contributed by atoms with van der Waals surface area (Å²) in [5, 5.41) is 5.13. The summed E-state index contributed by atoms with van der Waals surface area (Å²) in [5.41, 5.74) is 0.636. The van der Waals surface area contributed by atoms with Crippen LogP contribution in [0.2, 0.25) is 0 Å². The van der Waals surface area contributed by atoms with Gasteiger partial charge in [0.1, 0.15) is 0 Å². The van der Waals surface area contributed by atoms with Crippen molar-refractivity contribution in [2.75, 3.05) is 6.16 Å². The minimum Gasteiger partial charge on any atom is -0.313 e. The molecule has 0 spiro atoms. The molecule has 3 aromatic rings. The second-order valence-corrected chi connectivity index (χ2v) is 8.61. The van der Waals surface area contributed by atoms with E-state index < -0.39 is 7.14 Å². The maximum absolute atomic E-state index is 13.7. The molecule has 0 aliphatic carbocycles. The molecule has 0 unspecified atom stereocenters. The zero-order valence-electron chi connectivity index (χ0n) is 11.9. The Kier molecular flexibility index (Phi) is 4.37. The number of hydrogen-bond donors (Lipinski definition) is 0. The predicted octanol–water partition coefficient (Wildman–Crippen LogP) is 3.94. The van der Waals surface area contributed by atoms with Crippen LogP contribution in [0.5, 0.6) is 0 Å². The SMILES string of the molecule is O=C(CP(=O)(c1ccccc1)c1ccccc1)c1ccsc1. The van der Waals surface area contributed by atoms with Gasteiger partial charge in [-0.1, -0.05) is 60.7 Å². The van der Waals surface area contributed by atoms with Gasteiger partial charge < -0.3 is 4.57 Å². The van der Waals surface area contributed by atoms with Gasteiger partial charge in [0.2, 0.25) is 0 Å². The first-order valence-electron chi connectivity index (χ1n) is 6.96. The zero-order chi connectivity index (χ0) is 15.4. The standard InChI is InChI=1S/C18H15O2PS/c19-18(15-11-12-22-14-15)13-21(20,16-7-3-1-4-8-16)17-9-5-2-6-10-17/h1-12,14H,13H2. The Labute approximate surface area is 133 Å². The van der Waals surface area contributed by atoms with E-state index in [2.05, 4.69) is 0 Å². The van der Waals surface area contributed by atoms with E-state index in [0.29, 0.717) is 5.56 Å². The third-order valence-corrected chi connectivity index (χ3v) is 7.24. The van der Waals surface area contributed by atoms with E-state index in [-0.39, 0.29) is 11.9 Å². The third-order valence-electron chi connectivity index (χ3n) is 3.56. The Bertz CT molecular complexity index is 752. The number of hydrogen-bond acceptors (Lipinski definition) is 3. The van der Waals surface area contributed by atoms with Crippen molar-refractivity contribution in [3.05, 3.63) is 83.1 Å². The molecule has 4 heteroatoms. The lowest BCUT2D eigenvalue weighted by Crippen LogP contribution is -2.22. The lowest BCUT2D eigenvalue weighted by atomic mass is 10.2. The average Bonchev–Trinajstić information content (AvgIpc) is 3.11. The van der Waals surface area contributed by atoms with Crippen LogP contribution in [0, 0.1) is 0 Å². The minimum atomic E-state index is -2.97. The Morgan fingerprint density at radius 2 is 1.41 bits per heavy atom. The normalized spacial score (nSPS) is 11.3. The molecule has 0 aliphatic rings. The maximum atomic E-state index is 13.7. The average molecular weight is 326 g/mol. The number of thiophene rings is 1. The zero-order valence-corrected chi connectivity index (χ0v) is 13.6. The summed E-state index contributed by atoms with van der Waals surface area (Å²) in [5.74, 6) is -0.0720. The van der Waals surface area contributed by atoms with Crippen LogP contribution in [0.15, 0.2) is 77.5 Å². The Hall–Kier alpha value is -1.96. The van der Waals surface area contributed by atoms with Crippen molar-refractivity contribution in [1.29, 1.82) is 0 Å².